The smallest absolute Gasteiger partial charge is 0.282 e. The van der Waals surface area contributed by atoms with Crippen LogP contribution in [0, 0.1) is 6.92 Å². The van der Waals surface area contributed by atoms with E-state index in [-0.39, 0.29) is 21.2 Å². The van der Waals surface area contributed by atoms with Gasteiger partial charge in [0.15, 0.2) is 6.04 Å². The van der Waals surface area contributed by atoms with Gasteiger partial charge in [0.05, 0.1) is 26.9 Å². The van der Waals surface area contributed by atoms with Crippen LogP contribution in [-0.2, 0) is 24.9 Å². The molecule has 0 spiro atoms. The first kappa shape index (κ1) is 25.2. The van der Waals surface area contributed by atoms with Gasteiger partial charge in [0.1, 0.15) is 0 Å². The lowest BCUT2D eigenvalue weighted by atomic mass is 10.2. The van der Waals surface area contributed by atoms with Gasteiger partial charge >= 0.3 is 0 Å². The minimum Gasteiger partial charge on any atom is -0.282 e. The number of hydrogen-bond donors (Lipinski definition) is 2. The molecule has 1 amide bonds. The second kappa shape index (κ2) is 9.60. The molecule has 0 unspecified atom stereocenters. The van der Waals surface area contributed by atoms with Crippen molar-refractivity contribution >= 4 is 48.8 Å². The van der Waals surface area contributed by atoms with Crippen LogP contribution in [0.4, 0.5) is 17.1 Å². The largest absolute Gasteiger partial charge is 0.294 e. The normalized spacial score (nSPS) is 16.4. The third-order valence-corrected chi connectivity index (χ3v) is 7.64. The molecule has 1 atom stereocenters. The Hall–Kier alpha value is -3.94. The number of azo groups is 1. The van der Waals surface area contributed by atoms with Crippen molar-refractivity contribution in [3.05, 3.63) is 78.4 Å². The van der Waals surface area contributed by atoms with E-state index in [2.05, 4.69) is 20.1 Å². The Morgan fingerprint density at radius 2 is 1.61 bits per heavy atom. The maximum Gasteiger partial charge on any atom is 0.294 e. The summed E-state index contributed by atoms with van der Waals surface area (Å²) in [6.45, 7) is 3.24. The van der Waals surface area contributed by atoms with Gasteiger partial charge in [-0.3, -0.25) is 14.1 Å². The Bertz CT molecular complexity index is 1590. The molecule has 11 nitrogen and oxygen atoms in total. The number of carbonyl (C=O) groups excluding carboxylic acids is 1. The molecule has 0 aromatic heterocycles. The van der Waals surface area contributed by atoms with Crippen LogP contribution in [0.15, 0.2) is 97.9 Å². The average Bonchev–Trinajstić information content (AvgIpc) is 3.11. The summed E-state index contributed by atoms with van der Waals surface area (Å²) < 4.78 is 59.9. The van der Waals surface area contributed by atoms with Gasteiger partial charge in [0.25, 0.3) is 26.0 Å². The summed E-state index contributed by atoms with van der Waals surface area (Å²) >= 11 is 0. The van der Waals surface area contributed by atoms with Crippen molar-refractivity contribution in [2.24, 2.45) is 15.3 Å². The first-order valence-electron chi connectivity index (χ1n) is 10.5. The minimum absolute atomic E-state index is 0.0199. The molecule has 1 aliphatic heterocycles. The fourth-order valence-electron chi connectivity index (χ4n) is 3.41. The Labute approximate surface area is 208 Å². The quantitative estimate of drug-likeness (QED) is 0.350. The molecule has 0 radical (unpaired) electrons. The van der Waals surface area contributed by atoms with Crippen molar-refractivity contribution in [3.63, 3.8) is 0 Å². The van der Waals surface area contributed by atoms with Crippen molar-refractivity contribution in [2.75, 3.05) is 9.73 Å². The molecule has 3 aromatic rings. The zero-order valence-electron chi connectivity index (χ0n) is 19.1. The lowest BCUT2D eigenvalue weighted by Crippen LogP contribution is -2.29. The highest BCUT2D eigenvalue weighted by molar-refractivity contribution is 7.92. The third-order valence-electron chi connectivity index (χ3n) is 5.25. The van der Waals surface area contributed by atoms with Crippen LogP contribution in [0.3, 0.4) is 0 Å². The highest BCUT2D eigenvalue weighted by Crippen LogP contribution is 2.27. The lowest BCUT2D eigenvalue weighted by Gasteiger charge is -2.13. The molecule has 186 valence electrons. The number of nitrogens with one attached hydrogen (secondary N) is 1. The van der Waals surface area contributed by atoms with Gasteiger partial charge in [0.2, 0.25) is 0 Å². The van der Waals surface area contributed by atoms with Gasteiger partial charge in [-0.2, -0.15) is 28.8 Å². The molecule has 3 aromatic carbocycles. The van der Waals surface area contributed by atoms with Crippen LogP contribution in [-0.4, -0.2) is 39.0 Å². The number of para-hydroxylation sites is 1. The maximum atomic E-state index is 12.9. The highest BCUT2D eigenvalue weighted by atomic mass is 32.2. The fourth-order valence-corrected chi connectivity index (χ4v) is 5.22. The van der Waals surface area contributed by atoms with Gasteiger partial charge in [0, 0.05) is 5.69 Å². The van der Waals surface area contributed by atoms with E-state index in [1.165, 1.54) is 18.2 Å². The van der Waals surface area contributed by atoms with Gasteiger partial charge < -0.3 is 0 Å². The molecule has 0 saturated carbocycles. The molecule has 0 aliphatic carbocycles. The van der Waals surface area contributed by atoms with E-state index >= 15 is 0 Å². The lowest BCUT2D eigenvalue weighted by molar-refractivity contribution is -0.117. The predicted octanol–water partition coefficient (Wildman–Crippen LogP) is 3.92. The van der Waals surface area contributed by atoms with E-state index in [1.807, 2.05) is 0 Å². The first-order chi connectivity index (χ1) is 17.0. The van der Waals surface area contributed by atoms with Gasteiger partial charge in [-0.15, -0.1) is 0 Å². The number of aryl methyl sites for hydroxylation is 1. The molecule has 1 heterocycles. The number of hydrazone groups is 1. The molecular weight excluding hydrogens is 506 g/mol. The molecule has 4 rings (SSSR count). The maximum absolute atomic E-state index is 12.9. The van der Waals surface area contributed by atoms with Crippen LogP contribution >= 0.6 is 0 Å². The van der Waals surface area contributed by atoms with Crippen molar-refractivity contribution in [2.45, 2.75) is 29.7 Å². The van der Waals surface area contributed by atoms with E-state index < -0.39 is 32.1 Å². The van der Waals surface area contributed by atoms with E-state index in [4.69, 9.17) is 4.55 Å². The van der Waals surface area contributed by atoms with E-state index in [9.17, 15) is 21.6 Å². The van der Waals surface area contributed by atoms with Crippen molar-refractivity contribution in [3.8, 4) is 0 Å². The topological polar surface area (TPSA) is 158 Å². The molecular formula is C23H21N5O6S2. The summed E-state index contributed by atoms with van der Waals surface area (Å²) in [5.41, 5.74) is 1.77. The van der Waals surface area contributed by atoms with Crippen LogP contribution in [0.2, 0.25) is 0 Å². The molecule has 2 N–H and O–H groups in total. The third kappa shape index (κ3) is 5.32. The van der Waals surface area contributed by atoms with E-state index in [0.29, 0.717) is 17.0 Å². The number of amides is 1. The summed E-state index contributed by atoms with van der Waals surface area (Å²) in [5, 5.41) is 13.4. The molecule has 0 bridgehead atoms. The standard InChI is InChI=1S/C23H21N5O6S2/c1-15-8-9-18(14-21(15)35(30,31)27-17-6-4-3-5-7-17)24-25-22-16(2)26-28(23(22)29)19-10-12-20(13-11-19)36(32,33)34/h3-14,22,27H,1-2H3,(H,32,33,34)/t22-/m1/s1. The fraction of sp³-hybridized carbons (Fsp3) is 0.130. The Balaban J connectivity index is 1.55. The number of nitrogens with zero attached hydrogens (tertiary/aromatic N) is 4. The second-order valence-electron chi connectivity index (χ2n) is 7.90. The Morgan fingerprint density at radius 1 is 0.944 bits per heavy atom. The zero-order chi connectivity index (χ0) is 26.1. The second-order valence-corrected chi connectivity index (χ2v) is 11.0. The highest BCUT2D eigenvalue weighted by Gasteiger charge is 2.35. The zero-order valence-corrected chi connectivity index (χ0v) is 20.7. The van der Waals surface area contributed by atoms with Crippen molar-refractivity contribution < 1.29 is 26.2 Å². The number of sulfonamides is 1. The number of carbonyl (C=O) groups is 1. The summed E-state index contributed by atoms with van der Waals surface area (Å²) in [5.74, 6) is -0.526. The monoisotopic (exact) mass is 527 g/mol. The van der Waals surface area contributed by atoms with Crippen LogP contribution in [0.5, 0.6) is 0 Å². The van der Waals surface area contributed by atoms with E-state index in [0.717, 1.165) is 17.1 Å². The summed E-state index contributed by atoms with van der Waals surface area (Å²) in [6, 6.07) is 16.9. The summed E-state index contributed by atoms with van der Waals surface area (Å²) in [7, 11) is -8.27. The number of rotatable bonds is 7. The van der Waals surface area contributed by atoms with Crippen molar-refractivity contribution in [1.82, 2.24) is 0 Å². The molecule has 36 heavy (non-hydrogen) atoms. The SMILES string of the molecule is CC1=NN(c2ccc(S(=O)(=O)O)cc2)C(=O)[C@@H]1N=Nc1ccc(C)c(S(=O)(=O)Nc2ccccc2)c1. The predicted molar refractivity (Wildman–Crippen MR) is 134 cm³/mol. The van der Waals surface area contributed by atoms with Crippen LogP contribution in [0.25, 0.3) is 0 Å². The van der Waals surface area contributed by atoms with Crippen molar-refractivity contribution in [1.29, 1.82) is 0 Å². The molecule has 1 aliphatic rings. The van der Waals surface area contributed by atoms with Crippen LogP contribution in [0.1, 0.15) is 12.5 Å². The average molecular weight is 528 g/mol. The van der Waals surface area contributed by atoms with E-state index in [1.54, 1.807) is 56.3 Å². The number of anilines is 2. The van der Waals surface area contributed by atoms with Crippen LogP contribution < -0.4 is 9.73 Å². The number of benzene rings is 3. The number of hydrogen-bond acceptors (Lipinski definition) is 8. The molecule has 0 fully saturated rings. The van der Waals surface area contributed by atoms with Gasteiger partial charge in [-0.25, -0.2) is 8.42 Å². The van der Waals surface area contributed by atoms with Gasteiger partial charge in [-0.05, 0) is 67.9 Å². The molecule has 0 saturated heterocycles. The summed E-state index contributed by atoms with van der Waals surface area (Å²) in [6.07, 6.45) is 0. The molecule has 13 heteroatoms. The first-order valence-corrected chi connectivity index (χ1v) is 13.4. The van der Waals surface area contributed by atoms with Gasteiger partial charge in [-0.1, -0.05) is 24.3 Å². The minimum atomic E-state index is -4.37. The summed E-state index contributed by atoms with van der Waals surface area (Å²) in [4.78, 5) is 12.6. The Morgan fingerprint density at radius 3 is 2.25 bits per heavy atom. The Kier molecular flexibility index (Phi) is 6.71.